The molecule has 0 saturated carbocycles. The van der Waals surface area contributed by atoms with Crippen molar-refractivity contribution < 1.29 is 8.90 Å². The van der Waals surface area contributed by atoms with Crippen LogP contribution in [0.3, 0.4) is 0 Å². The highest BCUT2D eigenvalue weighted by Crippen LogP contribution is 2.27. The van der Waals surface area contributed by atoms with Gasteiger partial charge in [0.1, 0.15) is 12.0 Å². The Bertz CT molecular complexity index is 807. The van der Waals surface area contributed by atoms with E-state index in [9.17, 15) is 0 Å². The van der Waals surface area contributed by atoms with Gasteiger partial charge in [0.25, 0.3) is 0 Å². The molecule has 2 aromatic heterocycles. The summed E-state index contributed by atoms with van der Waals surface area (Å²) in [5, 5.41) is 0. The number of aromatic nitrogens is 1. The van der Waals surface area contributed by atoms with Crippen molar-refractivity contribution in [3.05, 3.63) is 65.0 Å². The molecule has 0 amide bonds. The summed E-state index contributed by atoms with van der Waals surface area (Å²) in [5.41, 5.74) is 11.1. The van der Waals surface area contributed by atoms with E-state index in [1.165, 1.54) is 0 Å². The van der Waals surface area contributed by atoms with Gasteiger partial charge in [-0.15, -0.1) is 0 Å². The topological polar surface area (TPSA) is 58.0 Å². The second-order valence-electron chi connectivity index (χ2n) is 5.45. The molecule has 1 aliphatic rings. The first-order chi connectivity index (χ1) is 11.2. The quantitative estimate of drug-likeness (QED) is 0.835. The average molecular weight is 304 g/mol. The summed E-state index contributed by atoms with van der Waals surface area (Å²) >= 11 is 0. The van der Waals surface area contributed by atoms with Gasteiger partial charge in [-0.1, -0.05) is 0 Å². The molecule has 3 heterocycles. The summed E-state index contributed by atoms with van der Waals surface area (Å²) in [6, 6.07) is 5.89. The molecule has 0 aliphatic carbocycles. The molecule has 4 nitrogen and oxygen atoms in total. The molecular formula is C18H19BN3O+. The third-order valence-corrected chi connectivity index (χ3v) is 3.79. The number of aryl methyl sites for hydroxylation is 1. The van der Waals surface area contributed by atoms with Crippen LogP contribution in [0.15, 0.2) is 46.7 Å². The molecular weight excluding hydrogens is 285 g/mol. The van der Waals surface area contributed by atoms with E-state index in [0.717, 1.165) is 40.4 Å². The zero-order valence-corrected chi connectivity index (χ0v) is 13.1. The number of H-pyrrole nitrogens is 1. The van der Waals surface area contributed by atoms with Gasteiger partial charge in [0.2, 0.25) is 0 Å². The van der Waals surface area contributed by atoms with Crippen molar-refractivity contribution in [3.63, 3.8) is 0 Å². The summed E-state index contributed by atoms with van der Waals surface area (Å²) in [6.45, 7) is 2.65. The van der Waals surface area contributed by atoms with Crippen molar-refractivity contribution in [3.8, 4) is 0 Å². The van der Waals surface area contributed by atoms with E-state index in [4.69, 9.17) is 18.1 Å². The number of furan rings is 1. The second kappa shape index (κ2) is 6.71. The monoisotopic (exact) mass is 304 g/mol. The van der Waals surface area contributed by atoms with Crippen molar-refractivity contribution in [2.45, 2.75) is 13.3 Å². The largest absolute Gasteiger partial charge is 0.586 e. The molecule has 114 valence electrons. The van der Waals surface area contributed by atoms with Crippen LogP contribution in [-0.2, 0) is 0 Å². The standard InChI is InChI=1S/C18H19BN3O/c1-13-12-14(6-7-15-4-3-11-23-15)21-18(13)16(8-9-20)17-5-2-10-22(17)19/h2-7,10-12,21H,8-9,20H2,1H3/q+1/b7-6+. The van der Waals surface area contributed by atoms with E-state index in [2.05, 4.69) is 18.0 Å². The minimum absolute atomic E-state index is 0.566. The van der Waals surface area contributed by atoms with Crippen molar-refractivity contribution in [1.82, 2.24) is 4.98 Å². The molecule has 1 aliphatic heterocycles. The second-order valence-corrected chi connectivity index (χ2v) is 5.45. The number of hydrogen-bond acceptors (Lipinski definition) is 2. The lowest BCUT2D eigenvalue weighted by Gasteiger charge is -2.07. The van der Waals surface area contributed by atoms with Gasteiger partial charge in [-0.05, 0) is 55.8 Å². The molecule has 0 aromatic carbocycles. The fourth-order valence-electron chi connectivity index (χ4n) is 2.72. The van der Waals surface area contributed by atoms with Gasteiger partial charge >= 0.3 is 7.98 Å². The minimum atomic E-state index is 0.566. The maximum absolute atomic E-state index is 6.00. The molecule has 2 aromatic rings. The highest BCUT2D eigenvalue weighted by atomic mass is 16.3. The number of hydrogen-bond donors (Lipinski definition) is 2. The van der Waals surface area contributed by atoms with E-state index < -0.39 is 0 Å². The molecule has 3 rings (SSSR count). The Morgan fingerprint density at radius 2 is 2.30 bits per heavy atom. The third kappa shape index (κ3) is 3.30. The van der Waals surface area contributed by atoms with Gasteiger partial charge in [0.15, 0.2) is 5.70 Å². The molecule has 0 unspecified atom stereocenters. The Kier molecular flexibility index (Phi) is 4.48. The smallest absolute Gasteiger partial charge is 0.465 e. The first-order valence-corrected chi connectivity index (χ1v) is 7.59. The van der Waals surface area contributed by atoms with Crippen LogP contribution in [0, 0.1) is 6.92 Å². The van der Waals surface area contributed by atoms with Gasteiger partial charge in [-0.25, -0.2) is 0 Å². The van der Waals surface area contributed by atoms with Gasteiger partial charge in [-0.3, -0.25) is 4.49 Å². The molecule has 23 heavy (non-hydrogen) atoms. The molecule has 0 atom stereocenters. The zero-order valence-electron chi connectivity index (χ0n) is 13.1. The van der Waals surface area contributed by atoms with Crippen LogP contribution >= 0.6 is 0 Å². The predicted molar refractivity (Wildman–Crippen MR) is 95.0 cm³/mol. The average Bonchev–Trinajstić information content (AvgIpc) is 3.25. The van der Waals surface area contributed by atoms with Crippen LogP contribution in [0.2, 0.25) is 0 Å². The zero-order chi connectivity index (χ0) is 16.2. The van der Waals surface area contributed by atoms with Gasteiger partial charge in [-0.2, -0.15) is 0 Å². The molecule has 0 spiro atoms. The number of rotatable bonds is 5. The van der Waals surface area contributed by atoms with Gasteiger partial charge in [0.05, 0.1) is 12.0 Å². The SMILES string of the molecule is [B][N+]1=CC=CC1=C(CCN)c1[nH]c(/C=C/c2ccco2)cc1C. The Balaban J connectivity index is 1.96. The number of nitrogens with two attached hydrogens (primary N) is 1. The Morgan fingerprint density at radius 1 is 1.43 bits per heavy atom. The van der Waals surface area contributed by atoms with Crippen LogP contribution in [0.4, 0.5) is 0 Å². The lowest BCUT2D eigenvalue weighted by Crippen LogP contribution is -2.09. The summed E-state index contributed by atoms with van der Waals surface area (Å²) in [6.07, 6.45) is 12.1. The summed E-state index contributed by atoms with van der Waals surface area (Å²) in [7, 11) is 6.00. The molecule has 3 N–H and O–H groups in total. The van der Waals surface area contributed by atoms with Crippen molar-refractivity contribution in [2.24, 2.45) is 5.73 Å². The Morgan fingerprint density at radius 3 is 2.96 bits per heavy atom. The fraction of sp³-hybridized carbons (Fsp3) is 0.167. The highest BCUT2D eigenvalue weighted by Gasteiger charge is 2.20. The summed E-state index contributed by atoms with van der Waals surface area (Å²) < 4.78 is 6.94. The van der Waals surface area contributed by atoms with Crippen LogP contribution in [-0.4, -0.2) is 30.2 Å². The number of nitrogens with one attached hydrogen (secondary N) is 1. The maximum atomic E-state index is 6.00. The minimum Gasteiger partial charge on any atom is -0.465 e. The van der Waals surface area contributed by atoms with Crippen LogP contribution in [0.25, 0.3) is 17.7 Å². The first-order valence-electron chi connectivity index (χ1n) is 7.59. The number of nitrogens with zero attached hydrogens (tertiary/aromatic N) is 1. The maximum Gasteiger partial charge on any atom is 0.586 e. The molecule has 0 saturated heterocycles. The van der Waals surface area contributed by atoms with E-state index in [0.29, 0.717) is 6.54 Å². The number of allylic oxidation sites excluding steroid dienone is 2. The van der Waals surface area contributed by atoms with Crippen molar-refractivity contribution in [2.75, 3.05) is 6.54 Å². The molecule has 0 bridgehead atoms. The highest BCUT2D eigenvalue weighted by molar-refractivity contribution is 6.01. The van der Waals surface area contributed by atoms with E-state index in [1.807, 2.05) is 42.7 Å². The van der Waals surface area contributed by atoms with Crippen LogP contribution in [0.1, 0.15) is 29.1 Å². The fourth-order valence-corrected chi connectivity index (χ4v) is 2.72. The molecule has 2 radical (unpaired) electrons. The first kappa shape index (κ1) is 15.4. The Labute approximate surface area is 137 Å². The van der Waals surface area contributed by atoms with Crippen LogP contribution < -0.4 is 5.73 Å². The summed E-state index contributed by atoms with van der Waals surface area (Å²) in [5.74, 6) is 0.820. The molecule has 5 heteroatoms. The number of aromatic amines is 1. The normalized spacial score (nSPS) is 16.3. The lowest BCUT2D eigenvalue weighted by molar-refractivity contribution is -0.293. The van der Waals surface area contributed by atoms with Crippen molar-refractivity contribution >= 4 is 31.9 Å². The Hall–Kier alpha value is -2.53. The van der Waals surface area contributed by atoms with Gasteiger partial charge in [0, 0.05) is 23.4 Å². The van der Waals surface area contributed by atoms with Crippen molar-refractivity contribution in [1.29, 1.82) is 0 Å². The van der Waals surface area contributed by atoms with E-state index >= 15 is 0 Å². The predicted octanol–water partition coefficient (Wildman–Crippen LogP) is 2.88. The van der Waals surface area contributed by atoms with E-state index in [1.54, 1.807) is 10.7 Å². The third-order valence-electron chi connectivity index (χ3n) is 3.79. The summed E-state index contributed by atoms with van der Waals surface area (Å²) in [4.78, 5) is 3.45. The molecule has 0 fully saturated rings. The van der Waals surface area contributed by atoms with Crippen LogP contribution in [0.5, 0.6) is 0 Å². The lowest BCUT2D eigenvalue weighted by atomic mass is 10.0. The van der Waals surface area contributed by atoms with Gasteiger partial charge < -0.3 is 15.1 Å². The van der Waals surface area contributed by atoms with E-state index in [-0.39, 0.29) is 0 Å².